The molecule has 0 aliphatic heterocycles. The van der Waals surface area contributed by atoms with E-state index in [1.165, 1.54) is 50.7 Å². The van der Waals surface area contributed by atoms with Crippen molar-refractivity contribution < 1.29 is 18.7 Å². The molecule has 0 radical (unpaired) electrons. The summed E-state index contributed by atoms with van der Waals surface area (Å²) in [6.45, 7) is 1.35. The second-order valence-electron chi connectivity index (χ2n) is 7.36. The van der Waals surface area contributed by atoms with Crippen molar-refractivity contribution in [2.75, 3.05) is 0 Å². The highest BCUT2D eigenvalue weighted by Crippen LogP contribution is 2.33. The fourth-order valence-corrected chi connectivity index (χ4v) is 3.80. The molecule has 1 aromatic heterocycles. The molecule has 1 aliphatic carbocycles. The lowest BCUT2D eigenvalue weighted by atomic mass is 9.84. The van der Waals surface area contributed by atoms with Crippen LogP contribution in [0.15, 0.2) is 51.7 Å². The molecule has 2 aromatic carbocycles. The number of ether oxygens (including phenoxy) is 2. The Morgan fingerprint density at radius 1 is 1.07 bits per heavy atom. The molecule has 0 N–H and O–H groups in total. The molecular weight excluding hydrogens is 370 g/mol. The Kier molecular flexibility index (Phi) is 5.60. The van der Waals surface area contributed by atoms with Crippen LogP contribution < -0.4 is 15.1 Å². The van der Waals surface area contributed by atoms with Crippen molar-refractivity contribution in [3.63, 3.8) is 0 Å². The summed E-state index contributed by atoms with van der Waals surface area (Å²) in [4.78, 5) is 27.7. The second-order valence-corrected chi connectivity index (χ2v) is 7.36. The van der Waals surface area contributed by atoms with Gasteiger partial charge in [0.05, 0.1) is 10.9 Å². The van der Waals surface area contributed by atoms with Crippen LogP contribution >= 0.6 is 0 Å². The van der Waals surface area contributed by atoms with Crippen LogP contribution in [-0.2, 0) is 11.4 Å². The van der Waals surface area contributed by atoms with Crippen LogP contribution in [0.2, 0.25) is 0 Å². The minimum absolute atomic E-state index is 0.0552. The van der Waals surface area contributed by atoms with Gasteiger partial charge in [0.25, 0.3) is 0 Å². The summed E-state index contributed by atoms with van der Waals surface area (Å²) < 4.78 is 16.0. The van der Waals surface area contributed by atoms with Gasteiger partial charge in [-0.25, -0.2) is 9.78 Å². The van der Waals surface area contributed by atoms with Gasteiger partial charge in [-0.1, -0.05) is 31.4 Å². The first kappa shape index (κ1) is 19.2. The fraction of sp³-hybridized carbons (Fsp3) is 0.348. The van der Waals surface area contributed by atoms with Crippen molar-refractivity contribution in [3.05, 3.63) is 64.3 Å². The van der Waals surface area contributed by atoms with Crippen LogP contribution in [0, 0.1) is 0 Å². The average molecular weight is 393 g/mol. The third-order valence-electron chi connectivity index (χ3n) is 5.22. The number of hydrogen-bond donors (Lipinski definition) is 0. The number of carbonyl (C=O) groups is 1. The van der Waals surface area contributed by atoms with Crippen molar-refractivity contribution in [2.24, 2.45) is 0 Å². The van der Waals surface area contributed by atoms with E-state index in [9.17, 15) is 9.59 Å². The zero-order valence-corrected chi connectivity index (χ0v) is 16.3. The van der Waals surface area contributed by atoms with Crippen LogP contribution in [0.5, 0.6) is 11.5 Å². The molecule has 0 spiro atoms. The molecule has 0 amide bonds. The van der Waals surface area contributed by atoms with Crippen molar-refractivity contribution in [2.45, 2.75) is 51.6 Å². The van der Waals surface area contributed by atoms with Crippen molar-refractivity contribution in [3.8, 4) is 11.5 Å². The summed E-state index contributed by atoms with van der Waals surface area (Å²) in [5.74, 6) is 1.37. The smallest absolute Gasteiger partial charge is 0.347 e. The quantitative estimate of drug-likeness (QED) is 0.460. The number of esters is 1. The highest BCUT2D eigenvalue weighted by atomic mass is 16.5. The maximum Gasteiger partial charge on any atom is 0.347 e. The van der Waals surface area contributed by atoms with Crippen LogP contribution in [0.1, 0.15) is 56.4 Å². The van der Waals surface area contributed by atoms with Crippen molar-refractivity contribution in [1.29, 1.82) is 0 Å². The molecule has 1 saturated carbocycles. The Balaban J connectivity index is 1.45. The Hall–Kier alpha value is -3.15. The fourth-order valence-electron chi connectivity index (χ4n) is 3.80. The van der Waals surface area contributed by atoms with Gasteiger partial charge >= 0.3 is 11.6 Å². The maximum atomic E-state index is 12.3. The first-order chi connectivity index (χ1) is 14.1. The molecule has 6 nitrogen and oxygen atoms in total. The number of rotatable bonds is 5. The van der Waals surface area contributed by atoms with Crippen molar-refractivity contribution >= 4 is 16.9 Å². The lowest BCUT2D eigenvalue weighted by molar-refractivity contribution is -0.131. The van der Waals surface area contributed by atoms with Gasteiger partial charge in [-0.05, 0) is 54.7 Å². The Labute approximate surface area is 168 Å². The van der Waals surface area contributed by atoms with Gasteiger partial charge in [0.1, 0.15) is 11.5 Å². The highest BCUT2D eigenvalue weighted by Gasteiger charge is 2.15. The SMILES string of the molecule is CC(=O)Oc1ccc2nc(COc3ccc(C4CCCCC4)cc3)oc(=O)c2c1. The Bertz CT molecular complexity index is 1060. The van der Waals surface area contributed by atoms with E-state index in [0.717, 1.165) is 0 Å². The molecule has 3 aromatic rings. The maximum absolute atomic E-state index is 12.3. The average Bonchev–Trinajstić information content (AvgIpc) is 2.73. The summed E-state index contributed by atoms with van der Waals surface area (Å²) >= 11 is 0. The first-order valence-corrected chi connectivity index (χ1v) is 9.93. The minimum atomic E-state index is -0.546. The lowest BCUT2D eigenvalue weighted by Crippen LogP contribution is -2.09. The van der Waals surface area contributed by atoms with E-state index < -0.39 is 11.6 Å². The van der Waals surface area contributed by atoms with Crippen molar-refractivity contribution in [1.82, 2.24) is 4.98 Å². The molecular formula is C23H23NO5. The predicted molar refractivity (Wildman–Crippen MR) is 108 cm³/mol. The summed E-state index contributed by atoms with van der Waals surface area (Å²) in [5.41, 5.74) is 1.27. The van der Waals surface area contributed by atoms with Crippen LogP contribution in [-0.4, -0.2) is 11.0 Å². The highest BCUT2D eigenvalue weighted by molar-refractivity contribution is 5.80. The summed E-state index contributed by atoms with van der Waals surface area (Å²) in [6, 6.07) is 12.8. The third-order valence-corrected chi connectivity index (χ3v) is 5.22. The second kappa shape index (κ2) is 8.47. The predicted octanol–water partition coefficient (Wildman–Crippen LogP) is 4.74. The zero-order chi connectivity index (χ0) is 20.2. The standard InChI is InChI=1S/C23H23NO5/c1-15(25)28-19-11-12-21-20(13-19)23(26)29-22(24-21)14-27-18-9-7-17(8-10-18)16-5-3-2-4-6-16/h7-13,16H,2-6,14H2,1H3. The summed E-state index contributed by atoms with van der Waals surface area (Å²) in [5, 5.41) is 0.254. The topological polar surface area (TPSA) is 78.6 Å². The molecule has 150 valence electrons. The van der Waals surface area contributed by atoms with E-state index in [0.29, 0.717) is 17.2 Å². The molecule has 0 unspecified atom stereocenters. The van der Waals surface area contributed by atoms with Gasteiger partial charge in [0.15, 0.2) is 6.61 Å². The number of aromatic nitrogens is 1. The molecule has 1 heterocycles. The molecule has 0 bridgehead atoms. The van der Waals surface area contributed by atoms with E-state index in [1.807, 2.05) is 12.1 Å². The molecule has 4 rings (SSSR count). The van der Waals surface area contributed by atoms with E-state index in [-0.39, 0.29) is 23.6 Å². The van der Waals surface area contributed by atoms with E-state index in [1.54, 1.807) is 12.1 Å². The molecule has 29 heavy (non-hydrogen) atoms. The van der Waals surface area contributed by atoms with E-state index in [4.69, 9.17) is 13.9 Å². The largest absolute Gasteiger partial charge is 0.484 e. The third kappa shape index (κ3) is 4.65. The molecule has 6 heteroatoms. The van der Waals surface area contributed by atoms with Gasteiger partial charge in [0, 0.05) is 6.92 Å². The van der Waals surface area contributed by atoms with Gasteiger partial charge in [-0.3, -0.25) is 4.79 Å². The Morgan fingerprint density at radius 2 is 1.79 bits per heavy atom. The number of nitrogens with zero attached hydrogens (tertiary/aromatic N) is 1. The van der Waals surface area contributed by atoms with Crippen LogP contribution in [0.3, 0.4) is 0 Å². The van der Waals surface area contributed by atoms with Crippen LogP contribution in [0.25, 0.3) is 10.9 Å². The van der Waals surface area contributed by atoms with Gasteiger partial charge < -0.3 is 13.9 Å². The van der Waals surface area contributed by atoms with E-state index in [2.05, 4.69) is 17.1 Å². The van der Waals surface area contributed by atoms with Gasteiger partial charge in [-0.15, -0.1) is 0 Å². The van der Waals surface area contributed by atoms with Gasteiger partial charge in [-0.2, -0.15) is 0 Å². The number of benzene rings is 2. The van der Waals surface area contributed by atoms with Crippen LogP contribution in [0.4, 0.5) is 0 Å². The number of hydrogen-bond acceptors (Lipinski definition) is 6. The monoisotopic (exact) mass is 393 g/mol. The first-order valence-electron chi connectivity index (χ1n) is 9.93. The minimum Gasteiger partial charge on any atom is -0.484 e. The number of carbonyl (C=O) groups excluding carboxylic acids is 1. The lowest BCUT2D eigenvalue weighted by Gasteiger charge is -2.22. The molecule has 1 aliphatic rings. The molecule has 0 saturated heterocycles. The Morgan fingerprint density at radius 3 is 2.52 bits per heavy atom. The molecule has 1 fully saturated rings. The molecule has 0 atom stereocenters. The number of fused-ring (bicyclic) bond motifs is 1. The summed E-state index contributed by atoms with van der Waals surface area (Å²) in [7, 11) is 0. The van der Waals surface area contributed by atoms with E-state index >= 15 is 0 Å². The zero-order valence-electron chi connectivity index (χ0n) is 16.3. The van der Waals surface area contributed by atoms with Gasteiger partial charge in [0.2, 0.25) is 5.89 Å². The summed E-state index contributed by atoms with van der Waals surface area (Å²) in [6.07, 6.45) is 6.46. The normalized spacial score (nSPS) is 14.7.